The number of rotatable bonds is 45. The number of carboxylic acids is 1. The first-order valence-corrected chi connectivity index (χ1v) is 27.7. The molecule has 0 aromatic heterocycles. The first kappa shape index (κ1) is 63.4. The summed E-state index contributed by atoms with van der Waals surface area (Å²) in [5.41, 5.74) is 5.82. The van der Waals surface area contributed by atoms with Gasteiger partial charge in [0, 0.05) is 25.1 Å². The van der Waals surface area contributed by atoms with Gasteiger partial charge in [0.15, 0.2) is 6.10 Å². The Bertz CT molecular complexity index is 1200. The molecule has 0 radical (unpaired) electrons. The van der Waals surface area contributed by atoms with Gasteiger partial charge >= 0.3 is 17.9 Å². The lowest BCUT2D eigenvalue weighted by Crippen LogP contribution is -2.45. The van der Waals surface area contributed by atoms with Crippen molar-refractivity contribution in [3.05, 3.63) is 0 Å². The van der Waals surface area contributed by atoms with Crippen LogP contribution in [0, 0.1) is 0 Å². The Balaban J connectivity index is 0. The monoisotopic (exact) mass is 959 g/mol. The van der Waals surface area contributed by atoms with E-state index in [1.807, 2.05) is 0 Å². The fourth-order valence-corrected chi connectivity index (χ4v) is 7.55. The van der Waals surface area contributed by atoms with E-state index in [2.05, 4.69) is 23.3 Å². The normalized spacial score (nSPS) is 12.8. The molecule has 0 aliphatic carbocycles. The quantitative estimate of drug-likeness (QED) is 0.0228. The molecule has 0 fully saturated rings. The van der Waals surface area contributed by atoms with Crippen LogP contribution in [0.4, 0.5) is 0 Å². The van der Waals surface area contributed by atoms with Crippen LogP contribution in [0.3, 0.4) is 0 Å². The Morgan fingerprint density at radius 1 is 0.587 bits per heavy atom. The number of amides is 1. The fraction of sp³-hybridized carbons (Fsp3) is 0.917. The minimum atomic E-state index is -3.37. The van der Waals surface area contributed by atoms with Crippen LogP contribution in [0.15, 0.2) is 0 Å². The van der Waals surface area contributed by atoms with Crippen molar-refractivity contribution in [2.75, 3.05) is 31.9 Å². The second-order valence-electron chi connectivity index (χ2n) is 17.2. The maximum Gasteiger partial charge on any atom is 0.306 e. The van der Waals surface area contributed by atoms with Crippen LogP contribution in [-0.4, -0.2) is 86.8 Å². The topological polar surface area (TPSA) is 188 Å². The number of aliphatic carboxylic acids is 1. The van der Waals surface area contributed by atoms with Gasteiger partial charge in [-0.15, -0.1) is 23.2 Å². The van der Waals surface area contributed by atoms with E-state index in [1.54, 1.807) is 0 Å². The van der Waals surface area contributed by atoms with Crippen LogP contribution in [0.2, 0.25) is 0 Å². The van der Waals surface area contributed by atoms with Gasteiger partial charge in [-0.25, -0.2) is 0 Å². The van der Waals surface area contributed by atoms with Crippen LogP contribution >= 0.6 is 23.2 Å². The summed E-state index contributed by atoms with van der Waals surface area (Å²) in [5, 5.41) is 11.1. The first-order valence-electron chi connectivity index (χ1n) is 24.9. The fourth-order valence-electron chi connectivity index (χ4n) is 6.92. The molecule has 0 heterocycles. The summed E-state index contributed by atoms with van der Waals surface area (Å²) in [6, 6.07) is -0.990. The minimum Gasteiger partial charge on any atom is -0.481 e. The molecule has 15 heteroatoms. The number of ether oxygens (including phenoxy) is 2. The number of nitrogens with two attached hydrogens (primary N) is 1. The van der Waals surface area contributed by atoms with Crippen molar-refractivity contribution in [1.29, 1.82) is 0 Å². The number of hydrogen-bond donors (Lipinski definition) is 3. The van der Waals surface area contributed by atoms with E-state index in [4.69, 9.17) is 43.5 Å². The number of unbranched alkanes of at least 4 members (excludes halogenated alkanes) is 28. The van der Waals surface area contributed by atoms with Gasteiger partial charge < -0.3 is 25.6 Å². The van der Waals surface area contributed by atoms with Crippen molar-refractivity contribution in [3.8, 4) is 0 Å². The molecular weight excluding hydrogens is 868 g/mol. The molecule has 0 saturated carbocycles. The predicted octanol–water partition coefficient (Wildman–Crippen LogP) is 12.1. The predicted molar refractivity (Wildman–Crippen MR) is 259 cm³/mol. The number of nitrogens with one attached hydrogen (secondary N) is 1. The molecule has 0 aromatic carbocycles. The molecule has 374 valence electrons. The maximum atomic E-state index is 12.7. The van der Waals surface area contributed by atoms with E-state index >= 15 is 0 Å². The van der Waals surface area contributed by atoms with E-state index in [0.29, 0.717) is 6.42 Å². The third-order valence-electron chi connectivity index (χ3n) is 10.8. The second-order valence-corrected chi connectivity index (χ2v) is 19.8. The molecule has 0 rings (SSSR count). The molecule has 0 aliphatic rings. The molecule has 1 amide bonds. The van der Waals surface area contributed by atoms with E-state index in [9.17, 15) is 27.6 Å². The highest BCUT2D eigenvalue weighted by Crippen LogP contribution is 2.16. The Morgan fingerprint density at radius 3 is 1.30 bits per heavy atom. The number of carboxylic acid groups (broad SMARTS) is 1. The lowest BCUT2D eigenvalue weighted by molar-refractivity contribution is -0.159. The number of alkyl halides is 2. The third-order valence-corrected chi connectivity index (χ3v) is 12.2. The molecule has 0 aromatic rings. The molecule has 3 unspecified atom stereocenters. The van der Waals surface area contributed by atoms with Crippen molar-refractivity contribution in [3.63, 3.8) is 0 Å². The average Bonchev–Trinajstić information content (AvgIpc) is 3.25. The third kappa shape index (κ3) is 51.2. The summed E-state index contributed by atoms with van der Waals surface area (Å²) in [4.78, 5) is 48.4. The van der Waals surface area contributed by atoms with Crippen LogP contribution < -0.4 is 11.1 Å². The van der Waals surface area contributed by atoms with E-state index in [1.165, 1.54) is 154 Å². The summed E-state index contributed by atoms with van der Waals surface area (Å²) in [7, 11) is -3.37. The van der Waals surface area contributed by atoms with Gasteiger partial charge in [-0.3, -0.25) is 23.4 Å². The number of halogens is 2. The summed E-state index contributed by atoms with van der Waals surface area (Å²) in [6.07, 6.45) is 38.0. The Morgan fingerprint density at radius 2 is 0.952 bits per heavy atom. The second kappa shape index (κ2) is 46.8. The van der Waals surface area contributed by atoms with E-state index < -0.39 is 39.5 Å². The molecular formula is C48H92Cl2N2O10S. The Labute approximate surface area is 394 Å². The van der Waals surface area contributed by atoms with Crippen molar-refractivity contribution in [1.82, 2.24) is 5.32 Å². The van der Waals surface area contributed by atoms with Gasteiger partial charge in [-0.1, -0.05) is 194 Å². The number of carbonyl (C=O) groups is 4. The van der Waals surface area contributed by atoms with Crippen LogP contribution in [0.5, 0.6) is 0 Å². The zero-order valence-corrected chi connectivity index (χ0v) is 42.3. The standard InChI is InChI=1S/C44H84N2O7.C4H8Cl2O3S/c1-3-5-7-9-11-13-15-17-19-21-23-25-27-29-31-33-42(49)52-38-39(37-46-44(51)40(45)35-36-41(47)48)53-43(50)34-32-30-28-26-24-22-20-18-16-14-12-10-8-6-4-2;1-10(7,8)9-3-4(6)2-5/h39-40H,3-38,45H2,1-2H3,(H,46,51)(H,47,48);4H,2-3H2,1H3. The molecule has 0 saturated heterocycles. The highest BCUT2D eigenvalue weighted by molar-refractivity contribution is 7.86. The van der Waals surface area contributed by atoms with Crippen molar-refractivity contribution in [2.24, 2.45) is 5.73 Å². The van der Waals surface area contributed by atoms with Crippen LogP contribution in [0.1, 0.15) is 232 Å². The summed E-state index contributed by atoms with van der Waals surface area (Å²) in [5.74, 6) is -2.10. The van der Waals surface area contributed by atoms with Crippen molar-refractivity contribution >= 4 is 57.1 Å². The summed E-state index contributed by atoms with van der Waals surface area (Å²) in [6.45, 7) is 4.25. The number of carbonyl (C=O) groups excluding carboxylic acids is 3. The van der Waals surface area contributed by atoms with Gasteiger partial charge in [0.05, 0.1) is 30.8 Å². The smallest absolute Gasteiger partial charge is 0.306 e. The van der Waals surface area contributed by atoms with Gasteiger partial charge in [0.2, 0.25) is 5.91 Å². The molecule has 4 N–H and O–H groups in total. The highest BCUT2D eigenvalue weighted by Gasteiger charge is 2.21. The zero-order valence-electron chi connectivity index (χ0n) is 40.0. The van der Waals surface area contributed by atoms with Gasteiger partial charge in [0.25, 0.3) is 10.1 Å². The maximum absolute atomic E-state index is 12.7. The largest absolute Gasteiger partial charge is 0.481 e. The zero-order chi connectivity index (χ0) is 47.2. The Kier molecular flexibility index (Phi) is 47.2. The molecule has 63 heavy (non-hydrogen) atoms. The molecule has 0 aliphatic heterocycles. The van der Waals surface area contributed by atoms with Crippen molar-refractivity contribution < 1.29 is 46.4 Å². The minimum absolute atomic E-state index is 0.000938. The molecule has 3 atom stereocenters. The molecule has 12 nitrogen and oxygen atoms in total. The average molecular weight is 960 g/mol. The first-order chi connectivity index (χ1) is 30.2. The van der Waals surface area contributed by atoms with Crippen LogP contribution in [-0.2, 0) is 43.0 Å². The lowest BCUT2D eigenvalue weighted by Gasteiger charge is -2.20. The van der Waals surface area contributed by atoms with Gasteiger partial charge in [0.1, 0.15) is 6.61 Å². The lowest BCUT2D eigenvalue weighted by atomic mass is 10.0. The van der Waals surface area contributed by atoms with Gasteiger partial charge in [-0.05, 0) is 19.3 Å². The van der Waals surface area contributed by atoms with Crippen molar-refractivity contribution in [2.45, 2.75) is 250 Å². The van der Waals surface area contributed by atoms with E-state index in [0.717, 1.165) is 44.8 Å². The summed E-state index contributed by atoms with van der Waals surface area (Å²) < 4.78 is 36.1. The Hall–Kier alpha value is -1.67. The van der Waals surface area contributed by atoms with Crippen LogP contribution in [0.25, 0.3) is 0 Å². The molecule has 0 bridgehead atoms. The van der Waals surface area contributed by atoms with Gasteiger partial charge in [-0.2, -0.15) is 8.42 Å². The molecule has 0 spiro atoms. The highest BCUT2D eigenvalue weighted by atomic mass is 35.5. The SMILES string of the molecule is CCCCCCCCCCCCCCCCCC(=O)OCC(CNC(=O)C(N)CCC(=O)O)OC(=O)CCCCCCCCCCCCCCCCC.CS(=O)(=O)OCC(Cl)CCl. The summed E-state index contributed by atoms with van der Waals surface area (Å²) >= 11 is 10.7. The number of hydrogen-bond acceptors (Lipinski definition) is 10. The van der Waals surface area contributed by atoms with E-state index in [-0.39, 0.29) is 56.8 Å². The number of esters is 2.